The number of carbonyl (C=O) groups excluding carboxylic acids is 1. The number of ether oxygens (including phenoxy) is 1. The molecule has 1 aliphatic heterocycles. The van der Waals surface area contributed by atoms with E-state index in [0.717, 1.165) is 31.5 Å². The molecule has 0 unspecified atom stereocenters. The molecule has 3 aromatic rings. The zero-order valence-corrected chi connectivity index (χ0v) is 15.8. The van der Waals surface area contributed by atoms with Crippen molar-refractivity contribution in [3.8, 4) is 0 Å². The van der Waals surface area contributed by atoms with E-state index in [9.17, 15) is 9.59 Å². The first-order valence-corrected chi connectivity index (χ1v) is 9.20. The maximum atomic E-state index is 12.9. The van der Waals surface area contributed by atoms with Crippen LogP contribution in [0.3, 0.4) is 0 Å². The summed E-state index contributed by atoms with van der Waals surface area (Å²) in [5, 5.41) is 5.09. The molecule has 0 aliphatic carbocycles. The van der Waals surface area contributed by atoms with Crippen molar-refractivity contribution in [3.63, 3.8) is 0 Å². The van der Waals surface area contributed by atoms with Gasteiger partial charge in [0.2, 0.25) is 0 Å². The Labute approximate surface area is 157 Å². The number of aryl methyl sites for hydroxylation is 1. The zero-order chi connectivity index (χ0) is 18.3. The SMILES string of the molecule is COC(=O)c1c(Cn2cnc3cccc(Br)c3c2=O)nn2c1CCCC2. The Kier molecular flexibility index (Phi) is 4.36. The van der Waals surface area contributed by atoms with Gasteiger partial charge in [-0.2, -0.15) is 5.10 Å². The van der Waals surface area contributed by atoms with Crippen LogP contribution in [-0.2, 0) is 24.2 Å². The summed E-state index contributed by atoms with van der Waals surface area (Å²) >= 11 is 3.42. The van der Waals surface area contributed by atoms with E-state index in [0.29, 0.717) is 26.6 Å². The molecule has 2 aromatic heterocycles. The molecule has 0 saturated heterocycles. The van der Waals surface area contributed by atoms with Crippen LogP contribution in [0.5, 0.6) is 0 Å². The molecule has 0 atom stereocenters. The van der Waals surface area contributed by atoms with Gasteiger partial charge in [-0.3, -0.25) is 14.0 Å². The lowest BCUT2D eigenvalue weighted by Crippen LogP contribution is -2.22. The van der Waals surface area contributed by atoms with Crippen molar-refractivity contribution in [3.05, 3.63) is 56.3 Å². The van der Waals surface area contributed by atoms with E-state index in [4.69, 9.17) is 4.74 Å². The summed E-state index contributed by atoms with van der Waals surface area (Å²) in [7, 11) is 1.36. The van der Waals surface area contributed by atoms with Gasteiger partial charge in [0.15, 0.2) is 0 Å². The molecule has 8 heteroatoms. The van der Waals surface area contributed by atoms with Crippen molar-refractivity contribution in [2.24, 2.45) is 0 Å². The Bertz CT molecular complexity index is 1070. The van der Waals surface area contributed by atoms with Crippen LogP contribution in [0, 0.1) is 0 Å². The van der Waals surface area contributed by atoms with Crippen molar-refractivity contribution in [1.82, 2.24) is 19.3 Å². The van der Waals surface area contributed by atoms with Gasteiger partial charge in [-0.05, 0) is 47.3 Å². The summed E-state index contributed by atoms with van der Waals surface area (Å²) in [6.45, 7) is 0.948. The normalized spacial score (nSPS) is 13.6. The van der Waals surface area contributed by atoms with E-state index >= 15 is 0 Å². The van der Waals surface area contributed by atoms with Crippen LogP contribution in [0.2, 0.25) is 0 Å². The molecule has 0 saturated carbocycles. The number of halogens is 1. The van der Waals surface area contributed by atoms with Crippen LogP contribution in [0.25, 0.3) is 10.9 Å². The lowest BCUT2D eigenvalue weighted by Gasteiger charge is -2.13. The number of carbonyl (C=O) groups is 1. The topological polar surface area (TPSA) is 79.0 Å². The van der Waals surface area contributed by atoms with Crippen LogP contribution >= 0.6 is 15.9 Å². The number of nitrogens with zero attached hydrogens (tertiary/aromatic N) is 4. The number of esters is 1. The molecule has 1 aromatic carbocycles. The van der Waals surface area contributed by atoms with Crippen molar-refractivity contribution >= 4 is 32.8 Å². The Morgan fingerprint density at radius 1 is 1.35 bits per heavy atom. The van der Waals surface area contributed by atoms with Gasteiger partial charge >= 0.3 is 5.97 Å². The smallest absolute Gasteiger partial charge is 0.341 e. The first-order valence-electron chi connectivity index (χ1n) is 8.40. The number of fused-ring (bicyclic) bond motifs is 2. The van der Waals surface area contributed by atoms with E-state index in [-0.39, 0.29) is 12.1 Å². The lowest BCUT2D eigenvalue weighted by molar-refractivity contribution is 0.0597. The molecule has 0 spiro atoms. The highest BCUT2D eigenvalue weighted by atomic mass is 79.9. The van der Waals surface area contributed by atoms with E-state index in [1.807, 2.05) is 16.8 Å². The summed E-state index contributed by atoms with van der Waals surface area (Å²) in [5.41, 5.74) is 2.36. The first kappa shape index (κ1) is 17.0. The molecule has 0 radical (unpaired) electrons. The predicted molar refractivity (Wildman–Crippen MR) is 99.3 cm³/mol. The molecule has 0 bridgehead atoms. The second-order valence-corrected chi connectivity index (χ2v) is 7.11. The summed E-state index contributed by atoms with van der Waals surface area (Å²) in [6.07, 6.45) is 4.32. The van der Waals surface area contributed by atoms with Crippen molar-refractivity contribution in [2.75, 3.05) is 7.11 Å². The van der Waals surface area contributed by atoms with Crippen LogP contribution in [0.15, 0.2) is 33.8 Å². The third-order valence-corrected chi connectivity index (χ3v) is 5.34. The van der Waals surface area contributed by atoms with Gasteiger partial charge in [0, 0.05) is 11.0 Å². The van der Waals surface area contributed by atoms with Crippen molar-refractivity contribution in [2.45, 2.75) is 32.4 Å². The lowest BCUT2D eigenvalue weighted by atomic mass is 10.0. The molecule has 0 N–H and O–H groups in total. The average molecular weight is 417 g/mol. The fraction of sp³-hybridized carbons (Fsp3) is 0.333. The van der Waals surface area contributed by atoms with Crippen molar-refractivity contribution < 1.29 is 9.53 Å². The van der Waals surface area contributed by atoms with Gasteiger partial charge in [-0.15, -0.1) is 0 Å². The van der Waals surface area contributed by atoms with E-state index in [2.05, 4.69) is 26.0 Å². The second-order valence-electron chi connectivity index (χ2n) is 6.25. The largest absolute Gasteiger partial charge is 0.465 e. The number of aromatic nitrogens is 4. The highest BCUT2D eigenvalue weighted by Crippen LogP contribution is 2.24. The summed E-state index contributed by atoms with van der Waals surface area (Å²) in [4.78, 5) is 29.6. The maximum Gasteiger partial charge on any atom is 0.341 e. The molecule has 0 fully saturated rings. The number of hydrogen-bond acceptors (Lipinski definition) is 5. The number of methoxy groups -OCH3 is 1. The fourth-order valence-corrected chi connectivity index (χ4v) is 3.95. The predicted octanol–water partition coefficient (Wildman–Crippen LogP) is 2.53. The van der Waals surface area contributed by atoms with Gasteiger partial charge < -0.3 is 4.74 Å². The first-order chi connectivity index (χ1) is 12.6. The Hall–Kier alpha value is -2.48. The minimum atomic E-state index is -0.411. The van der Waals surface area contributed by atoms with Crippen LogP contribution in [0.1, 0.15) is 34.6 Å². The third kappa shape index (κ3) is 2.74. The Morgan fingerprint density at radius 2 is 2.19 bits per heavy atom. The maximum absolute atomic E-state index is 12.9. The van der Waals surface area contributed by atoms with Crippen LogP contribution in [-0.4, -0.2) is 32.4 Å². The molecule has 7 nitrogen and oxygen atoms in total. The third-order valence-electron chi connectivity index (χ3n) is 4.68. The van der Waals surface area contributed by atoms with Crippen LogP contribution in [0.4, 0.5) is 0 Å². The van der Waals surface area contributed by atoms with E-state index in [1.165, 1.54) is 18.0 Å². The minimum Gasteiger partial charge on any atom is -0.465 e. The molecule has 1 aliphatic rings. The fourth-order valence-electron chi connectivity index (χ4n) is 3.43. The van der Waals surface area contributed by atoms with Crippen LogP contribution < -0.4 is 5.56 Å². The Balaban J connectivity index is 1.83. The standard InChI is InChI=1S/C18H17BrN4O3/c1-26-18(25)16-13(21-23-8-3-2-7-14(16)23)9-22-10-20-12-6-4-5-11(19)15(12)17(22)24/h4-6,10H,2-3,7-9H2,1H3. The van der Waals surface area contributed by atoms with E-state index < -0.39 is 5.97 Å². The Morgan fingerprint density at radius 3 is 3.00 bits per heavy atom. The summed E-state index contributed by atoms with van der Waals surface area (Å²) in [5.74, 6) is -0.411. The monoisotopic (exact) mass is 416 g/mol. The molecule has 4 rings (SSSR count). The van der Waals surface area contributed by atoms with Gasteiger partial charge in [0.25, 0.3) is 5.56 Å². The van der Waals surface area contributed by atoms with E-state index in [1.54, 1.807) is 6.07 Å². The minimum absolute atomic E-state index is 0.174. The molecular weight excluding hydrogens is 400 g/mol. The highest BCUT2D eigenvalue weighted by Gasteiger charge is 2.26. The molecule has 0 amide bonds. The average Bonchev–Trinajstić information content (AvgIpc) is 3.01. The second kappa shape index (κ2) is 6.68. The number of benzene rings is 1. The highest BCUT2D eigenvalue weighted by molar-refractivity contribution is 9.10. The summed E-state index contributed by atoms with van der Waals surface area (Å²) in [6, 6.07) is 5.44. The van der Waals surface area contributed by atoms with Gasteiger partial charge in [0.1, 0.15) is 5.56 Å². The quantitative estimate of drug-likeness (QED) is 0.612. The zero-order valence-electron chi connectivity index (χ0n) is 14.2. The van der Waals surface area contributed by atoms with Gasteiger partial charge in [-0.25, -0.2) is 9.78 Å². The molecule has 134 valence electrons. The summed E-state index contributed by atoms with van der Waals surface area (Å²) < 4.78 is 8.99. The number of hydrogen-bond donors (Lipinski definition) is 0. The number of rotatable bonds is 3. The van der Waals surface area contributed by atoms with Crippen molar-refractivity contribution in [1.29, 1.82) is 0 Å². The molecule has 3 heterocycles. The van der Waals surface area contributed by atoms with Gasteiger partial charge in [0.05, 0.1) is 42.3 Å². The van der Waals surface area contributed by atoms with Gasteiger partial charge in [-0.1, -0.05) is 6.07 Å². The molecule has 26 heavy (non-hydrogen) atoms. The molecular formula is C18H17BrN4O3.